The molecule has 4 nitrogen and oxygen atoms in total. The molecule has 0 aromatic heterocycles. The maximum absolute atomic E-state index is 13.5. The molecule has 2 rings (SSSR count). The third-order valence-electron chi connectivity index (χ3n) is 3.72. The molecule has 114 valence electrons. The van der Waals surface area contributed by atoms with Crippen molar-refractivity contribution in [1.29, 1.82) is 0 Å². The van der Waals surface area contributed by atoms with Gasteiger partial charge in [0.05, 0.1) is 0 Å². The lowest BCUT2D eigenvalue weighted by Crippen LogP contribution is -2.48. The normalized spacial score (nSPS) is 18.6. The Morgan fingerprint density at radius 2 is 2.05 bits per heavy atom. The molecule has 0 bridgehead atoms. The first-order valence-electron chi connectivity index (χ1n) is 6.95. The minimum Gasteiger partial charge on any atom is -0.480 e. The van der Waals surface area contributed by atoms with Gasteiger partial charge in [0.25, 0.3) is 0 Å². The van der Waals surface area contributed by atoms with Crippen molar-refractivity contribution in [3.8, 4) is 0 Å². The first-order valence-corrected chi connectivity index (χ1v) is 6.95. The Morgan fingerprint density at radius 1 is 1.29 bits per heavy atom. The number of rotatable bonds is 4. The van der Waals surface area contributed by atoms with Gasteiger partial charge in [-0.1, -0.05) is 0 Å². The summed E-state index contributed by atoms with van der Waals surface area (Å²) in [6.45, 7) is 0.404. The van der Waals surface area contributed by atoms with E-state index in [0.29, 0.717) is 13.0 Å². The lowest BCUT2D eigenvalue weighted by Gasteiger charge is -2.33. The number of halogens is 2. The molecule has 1 heterocycles. The molecule has 1 amide bonds. The fourth-order valence-corrected chi connectivity index (χ4v) is 2.61. The van der Waals surface area contributed by atoms with Crippen molar-refractivity contribution >= 4 is 11.9 Å². The number of nitrogens with zero attached hydrogens (tertiary/aromatic N) is 1. The quantitative estimate of drug-likeness (QED) is 0.928. The number of carbonyl (C=O) groups is 2. The van der Waals surface area contributed by atoms with E-state index in [1.165, 1.54) is 4.90 Å². The van der Waals surface area contributed by atoms with E-state index in [2.05, 4.69) is 0 Å². The lowest BCUT2D eigenvalue weighted by molar-refractivity contribution is -0.152. The molecule has 1 aromatic carbocycles. The predicted octanol–water partition coefficient (Wildman–Crippen LogP) is 2.36. The highest BCUT2D eigenvalue weighted by molar-refractivity contribution is 5.84. The average molecular weight is 297 g/mol. The molecule has 1 aromatic rings. The number of carboxylic acid groups (broad SMARTS) is 1. The molecule has 1 N–H and O–H groups in total. The van der Waals surface area contributed by atoms with Crippen molar-refractivity contribution < 1.29 is 23.5 Å². The van der Waals surface area contributed by atoms with Crippen LogP contribution in [0.1, 0.15) is 31.2 Å². The summed E-state index contributed by atoms with van der Waals surface area (Å²) in [4.78, 5) is 24.6. The molecule has 0 aliphatic carbocycles. The third-order valence-corrected chi connectivity index (χ3v) is 3.72. The second-order valence-corrected chi connectivity index (χ2v) is 5.17. The van der Waals surface area contributed by atoms with Gasteiger partial charge < -0.3 is 10.0 Å². The van der Waals surface area contributed by atoms with Crippen LogP contribution in [0.3, 0.4) is 0 Å². The van der Waals surface area contributed by atoms with Crippen molar-refractivity contribution in [2.45, 2.75) is 38.1 Å². The predicted molar refractivity (Wildman–Crippen MR) is 71.7 cm³/mol. The van der Waals surface area contributed by atoms with Gasteiger partial charge in [-0.25, -0.2) is 13.6 Å². The van der Waals surface area contributed by atoms with Gasteiger partial charge in [-0.2, -0.15) is 0 Å². The van der Waals surface area contributed by atoms with E-state index >= 15 is 0 Å². The SMILES string of the molecule is O=C(O)[C@@H]1CCCCN1C(=O)CCc1cc(F)ccc1F. The van der Waals surface area contributed by atoms with Crippen molar-refractivity contribution in [3.63, 3.8) is 0 Å². The Labute approximate surface area is 121 Å². The molecule has 21 heavy (non-hydrogen) atoms. The van der Waals surface area contributed by atoms with Crippen LogP contribution in [-0.4, -0.2) is 34.5 Å². The number of aliphatic carboxylic acids is 1. The van der Waals surface area contributed by atoms with E-state index in [0.717, 1.165) is 31.0 Å². The molecule has 0 saturated carbocycles. The zero-order valence-corrected chi connectivity index (χ0v) is 11.5. The molecular formula is C15H17F2NO3. The first kappa shape index (κ1) is 15.4. The number of hydrogen-bond acceptors (Lipinski definition) is 2. The van der Waals surface area contributed by atoms with Gasteiger partial charge in [-0.15, -0.1) is 0 Å². The van der Waals surface area contributed by atoms with Crippen molar-refractivity contribution in [3.05, 3.63) is 35.4 Å². The Hall–Kier alpha value is -1.98. The average Bonchev–Trinajstić information content (AvgIpc) is 2.47. The minimum atomic E-state index is -1.01. The number of aryl methyl sites for hydroxylation is 1. The topological polar surface area (TPSA) is 57.6 Å². The maximum Gasteiger partial charge on any atom is 0.326 e. The van der Waals surface area contributed by atoms with Crippen molar-refractivity contribution in [2.24, 2.45) is 0 Å². The largest absolute Gasteiger partial charge is 0.480 e. The maximum atomic E-state index is 13.5. The zero-order valence-electron chi connectivity index (χ0n) is 11.5. The summed E-state index contributed by atoms with van der Waals surface area (Å²) in [6, 6.07) is 2.30. The first-order chi connectivity index (χ1) is 9.99. The number of carbonyl (C=O) groups excluding carboxylic acids is 1. The molecule has 1 saturated heterocycles. The van der Waals surface area contributed by atoms with Crippen LogP contribution in [0.4, 0.5) is 8.78 Å². The highest BCUT2D eigenvalue weighted by atomic mass is 19.1. The second kappa shape index (κ2) is 6.65. The van der Waals surface area contributed by atoms with Gasteiger partial charge in [0.15, 0.2) is 0 Å². The molecule has 0 radical (unpaired) electrons. The van der Waals surface area contributed by atoms with Crippen LogP contribution in [0.15, 0.2) is 18.2 Å². The summed E-state index contributed by atoms with van der Waals surface area (Å²) in [6.07, 6.45) is 2.02. The number of benzene rings is 1. The smallest absolute Gasteiger partial charge is 0.326 e. The van der Waals surface area contributed by atoms with E-state index in [4.69, 9.17) is 5.11 Å². The summed E-state index contributed by atoms with van der Waals surface area (Å²) in [5.74, 6) is -2.45. The summed E-state index contributed by atoms with van der Waals surface area (Å²) in [5.41, 5.74) is 0.132. The van der Waals surface area contributed by atoms with Crippen LogP contribution in [-0.2, 0) is 16.0 Å². The Morgan fingerprint density at radius 3 is 2.76 bits per heavy atom. The van der Waals surface area contributed by atoms with E-state index in [9.17, 15) is 18.4 Å². The van der Waals surface area contributed by atoms with Crippen LogP contribution in [0.25, 0.3) is 0 Å². The second-order valence-electron chi connectivity index (χ2n) is 5.17. The standard InChI is InChI=1S/C15H17F2NO3/c16-11-5-6-12(17)10(9-11)4-7-14(19)18-8-2-1-3-13(18)15(20)21/h5-6,9,13H,1-4,7-8H2,(H,20,21)/t13-/m0/s1. The zero-order chi connectivity index (χ0) is 15.4. The van der Waals surface area contributed by atoms with Crippen LogP contribution in [0.5, 0.6) is 0 Å². The lowest BCUT2D eigenvalue weighted by atomic mass is 10.0. The molecule has 0 spiro atoms. The fourth-order valence-electron chi connectivity index (χ4n) is 2.61. The summed E-state index contributed by atoms with van der Waals surface area (Å²) in [7, 11) is 0. The molecule has 6 heteroatoms. The monoisotopic (exact) mass is 297 g/mol. The molecular weight excluding hydrogens is 280 g/mol. The van der Waals surface area contributed by atoms with Gasteiger partial charge in [0.2, 0.25) is 5.91 Å². The van der Waals surface area contributed by atoms with E-state index in [-0.39, 0.29) is 24.3 Å². The Balaban J connectivity index is 2.00. The van der Waals surface area contributed by atoms with Crippen LogP contribution >= 0.6 is 0 Å². The summed E-state index contributed by atoms with van der Waals surface area (Å²) < 4.78 is 26.5. The van der Waals surface area contributed by atoms with Gasteiger partial charge >= 0.3 is 5.97 Å². The van der Waals surface area contributed by atoms with E-state index < -0.39 is 23.6 Å². The van der Waals surface area contributed by atoms with Crippen molar-refractivity contribution in [1.82, 2.24) is 4.90 Å². The number of piperidine rings is 1. The molecule has 1 fully saturated rings. The molecule has 1 aliphatic heterocycles. The number of carboxylic acids is 1. The summed E-state index contributed by atoms with van der Waals surface area (Å²) in [5, 5.41) is 9.12. The van der Waals surface area contributed by atoms with Crippen LogP contribution < -0.4 is 0 Å². The third kappa shape index (κ3) is 3.77. The Kier molecular flexibility index (Phi) is 4.88. The van der Waals surface area contributed by atoms with Crippen LogP contribution in [0, 0.1) is 11.6 Å². The minimum absolute atomic E-state index is 0.0237. The molecule has 0 unspecified atom stereocenters. The fraction of sp³-hybridized carbons (Fsp3) is 0.467. The molecule has 1 atom stereocenters. The van der Waals surface area contributed by atoms with Gasteiger partial charge in [-0.05, 0) is 49.4 Å². The highest BCUT2D eigenvalue weighted by Crippen LogP contribution is 2.19. The Bertz CT molecular complexity index is 548. The number of amides is 1. The van der Waals surface area contributed by atoms with Crippen molar-refractivity contribution in [2.75, 3.05) is 6.54 Å². The number of likely N-dealkylation sites (tertiary alicyclic amines) is 1. The van der Waals surface area contributed by atoms with E-state index in [1.54, 1.807) is 0 Å². The van der Waals surface area contributed by atoms with E-state index in [1.807, 2.05) is 0 Å². The summed E-state index contributed by atoms with van der Waals surface area (Å²) >= 11 is 0. The number of hydrogen-bond donors (Lipinski definition) is 1. The van der Waals surface area contributed by atoms with Crippen LogP contribution in [0.2, 0.25) is 0 Å². The van der Waals surface area contributed by atoms with Gasteiger partial charge in [-0.3, -0.25) is 4.79 Å². The highest BCUT2D eigenvalue weighted by Gasteiger charge is 2.31. The van der Waals surface area contributed by atoms with Gasteiger partial charge in [0, 0.05) is 13.0 Å². The van der Waals surface area contributed by atoms with Gasteiger partial charge in [0.1, 0.15) is 17.7 Å². The molecule has 1 aliphatic rings.